The van der Waals surface area contributed by atoms with Crippen molar-refractivity contribution in [3.63, 3.8) is 0 Å². The number of benzene rings is 1. The van der Waals surface area contributed by atoms with E-state index in [0.29, 0.717) is 0 Å². The normalized spacial score (nSPS) is 22.6. The van der Waals surface area contributed by atoms with Gasteiger partial charge >= 0.3 is 0 Å². The van der Waals surface area contributed by atoms with E-state index in [4.69, 9.17) is 0 Å². The first-order valence-electron chi connectivity index (χ1n) is 7.49. The first-order chi connectivity index (χ1) is 9.34. The molecule has 1 aliphatic heterocycles. The Morgan fingerprint density at radius 2 is 2.05 bits per heavy atom. The van der Waals surface area contributed by atoms with Crippen LogP contribution in [0.4, 0.5) is 5.69 Å². The zero-order valence-corrected chi connectivity index (χ0v) is 11.4. The van der Waals surface area contributed by atoms with Crippen LogP contribution < -0.4 is 10.6 Å². The second-order valence-corrected chi connectivity index (χ2v) is 5.64. The molecule has 1 aliphatic carbocycles. The number of hydrogen-bond donors (Lipinski definition) is 2. The maximum atomic E-state index is 12.3. The number of hydrogen-bond acceptors (Lipinski definition) is 2. The molecular weight excluding hydrogens is 236 g/mol. The van der Waals surface area contributed by atoms with Crippen LogP contribution in [0.1, 0.15) is 43.2 Å². The Kier molecular flexibility index (Phi) is 3.83. The molecule has 3 heteroatoms. The lowest BCUT2D eigenvalue weighted by molar-refractivity contribution is -0.118. The first kappa shape index (κ1) is 12.7. The molecule has 3 rings (SSSR count). The Bertz CT molecular complexity index is 464. The van der Waals surface area contributed by atoms with Gasteiger partial charge in [0.05, 0.1) is 6.04 Å². The van der Waals surface area contributed by atoms with E-state index in [1.165, 1.54) is 30.4 Å². The van der Waals surface area contributed by atoms with Crippen molar-refractivity contribution in [1.82, 2.24) is 5.32 Å². The number of aryl methyl sites for hydroxylation is 1. The van der Waals surface area contributed by atoms with E-state index in [1.54, 1.807) is 0 Å². The van der Waals surface area contributed by atoms with Crippen LogP contribution in [0.15, 0.2) is 18.2 Å². The first-order valence-corrected chi connectivity index (χ1v) is 7.49. The molecule has 0 aromatic heterocycles. The number of carbonyl (C=O) groups excluding carboxylic acids is 1. The van der Waals surface area contributed by atoms with Crippen molar-refractivity contribution in [1.29, 1.82) is 0 Å². The SMILES string of the molecule is O=C(Nc1cccc2c1CCCC2)[C@H]1CCCCN1. The molecule has 0 radical (unpaired) electrons. The molecule has 0 unspecified atom stereocenters. The summed E-state index contributed by atoms with van der Waals surface area (Å²) in [6.07, 6.45) is 8.06. The van der Waals surface area contributed by atoms with E-state index >= 15 is 0 Å². The standard InChI is InChI=1S/C16H22N2O/c19-16(15-9-3-4-11-17-15)18-14-10-5-7-12-6-1-2-8-13(12)14/h5,7,10,15,17H,1-4,6,8-9,11H2,(H,18,19)/t15-/m1/s1. The van der Waals surface area contributed by atoms with Gasteiger partial charge < -0.3 is 10.6 Å². The number of anilines is 1. The molecule has 2 aliphatic rings. The zero-order valence-electron chi connectivity index (χ0n) is 11.4. The quantitative estimate of drug-likeness (QED) is 0.856. The summed E-state index contributed by atoms with van der Waals surface area (Å²) in [6.45, 7) is 0.963. The minimum absolute atomic E-state index is 0.00630. The molecule has 1 heterocycles. The number of nitrogens with one attached hydrogen (secondary N) is 2. The highest BCUT2D eigenvalue weighted by molar-refractivity contribution is 5.95. The van der Waals surface area contributed by atoms with Crippen molar-refractivity contribution in [2.24, 2.45) is 0 Å². The lowest BCUT2D eigenvalue weighted by Crippen LogP contribution is -2.43. The third-order valence-corrected chi connectivity index (χ3v) is 4.28. The van der Waals surface area contributed by atoms with Crippen LogP contribution in [0.25, 0.3) is 0 Å². The number of carbonyl (C=O) groups is 1. The highest BCUT2D eigenvalue weighted by Crippen LogP contribution is 2.28. The van der Waals surface area contributed by atoms with Gasteiger partial charge in [0.1, 0.15) is 0 Å². The minimum atomic E-state index is -0.00630. The molecule has 1 aromatic rings. The number of amides is 1. The summed E-state index contributed by atoms with van der Waals surface area (Å²) < 4.78 is 0. The van der Waals surface area contributed by atoms with Crippen molar-refractivity contribution in [2.75, 3.05) is 11.9 Å². The topological polar surface area (TPSA) is 41.1 Å². The summed E-state index contributed by atoms with van der Waals surface area (Å²) in [4.78, 5) is 12.3. The van der Waals surface area contributed by atoms with Crippen LogP contribution in [0.5, 0.6) is 0 Å². The van der Waals surface area contributed by atoms with E-state index in [-0.39, 0.29) is 11.9 Å². The Labute approximate surface area is 114 Å². The molecule has 0 spiro atoms. The lowest BCUT2D eigenvalue weighted by Gasteiger charge is -2.24. The summed E-state index contributed by atoms with van der Waals surface area (Å²) in [7, 11) is 0. The molecule has 1 atom stereocenters. The average Bonchev–Trinajstić information content (AvgIpc) is 2.48. The maximum Gasteiger partial charge on any atom is 0.241 e. The predicted octanol–water partition coefficient (Wildman–Crippen LogP) is 2.65. The Balaban J connectivity index is 1.74. The molecule has 1 fully saturated rings. The molecule has 1 amide bonds. The van der Waals surface area contributed by atoms with Gasteiger partial charge in [0.2, 0.25) is 5.91 Å². The molecule has 2 N–H and O–H groups in total. The van der Waals surface area contributed by atoms with E-state index in [1.807, 2.05) is 6.07 Å². The molecule has 0 saturated carbocycles. The lowest BCUT2D eigenvalue weighted by atomic mass is 9.90. The van der Waals surface area contributed by atoms with Gasteiger partial charge in [-0.1, -0.05) is 18.6 Å². The monoisotopic (exact) mass is 258 g/mol. The maximum absolute atomic E-state index is 12.3. The van der Waals surface area contributed by atoms with Crippen LogP contribution >= 0.6 is 0 Å². The summed E-state index contributed by atoms with van der Waals surface area (Å²) in [6, 6.07) is 6.30. The van der Waals surface area contributed by atoms with Crippen LogP contribution in [0.3, 0.4) is 0 Å². The van der Waals surface area contributed by atoms with Crippen LogP contribution in [-0.2, 0) is 17.6 Å². The molecule has 1 aromatic carbocycles. The fourth-order valence-corrected chi connectivity index (χ4v) is 3.19. The Hall–Kier alpha value is -1.35. The van der Waals surface area contributed by atoms with Gasteiger partial charge in [-0.2, -0.15) is 0 Å². The zero-order chi connectivity index (χ0) is 13.1. The van der Waals surface area contributed by atoms with Crippen molar-refractivity contribution in [3.05, 3.63) is 29.3 Å². The largest absolute Gasteiger partial charge is 0.324 e. The Morgan fingerprint density at radius 3 is 2.89 bits per heavy atom. The van der Waals surface area contributed by atoms with Crippen molar-refractivity contribution < 1.29 is 4.79 Å². The van der Waals surface area contributed by atoms with E-state index < -0.39 is 0 Å². The van der Waals surface area contributed by atoms with E-state index in [0.717, 1.165) is 37.9 Å². The molecule has 19 heavy (non-hydrogen) atoms. The number of rotatable bonds is 2. The smallest absolute Gasteiger partial charge is 0.241 e. The van der Waals surface area contributed by atoms with Crippen LogP contribution in [0, 0.1) is 0 Å². The van der Waals surface area contributed by atoms with E-state index in [2.05, 4.69) is 22.8 Å². The minimum Gasteiger partial charge on any atom is -0.324 e. The molecule has 102 valence electrons. The van der Waals surface area contributed by atoms with Crippen LogP contribution in [0.2, 0.25) is 0 Å². The average molecular weight is 258 g/mol. The van der Waals surface area contributed by atoms with Gasteiger partial charge in [-0.05, 0) is 62.3 Å². The van der Waals surface area contributed by atoms with Crippen molar-refractivity contribution >= 4 is 11.6 Å². The molecule has 0 bridgehead atoms. The fraction of sp³-hybridized carbons (Fsp3) is 0.562. The highest BCUT2D eigenvalue weighted by Gasteiger charge is 2.22. The van der Waals surface area contributed by atoms with Gasteiger partial charge in [0.25, 0.3) is 0 Å². The molecular formula is C16H22N2O. The summed E-state index contributed by atoms with van der Waals surface area (Å²) >= 11 is 0. The summed E-state index contributed by atoms with van der Waals surface area (Å²) in [5.74, 6) is 0.138. The summed E-state index contributed by atoms with van der Waals surface area (Å²) in [5, 5.41) is 6.45. The highest BCUT2D eigenvalue weighted by atomic mass is 16.2. The van der Waals surface area contributed by atoms with Crippen molar-refractivity contribution in [2.45, 2.75) is 51.0 Å². The van der Waals surface area contributed by atoms with E-state index in [9.17, 15) is 4.79 Å². The van der Waals surface area contributed by atoms with Gasteiger partial charge in [-0.25, -0.2) is 0 Å². The number of piperidine rings is 1. The van der Waals surface area contributed by atoms with Gasteiger partial charge in [-0.3, -0.25) is 4.79 Å². The molecule has 3 nitrogen and oxygen atoms in total. The second-order valence-electron chi connectivity index (χ2n) is 5.64. The summed E-state index contributed by atoms with van der Waals surface area (Å²) in [5.41, 5.74) is 3.81. The number of fused-ring (bicyclic) bond motifs is 1. The second kappa shape index (κ2) is 5.74. The predicted molar refractivity (Wildman–Crippen MR) is 77.4 cm³/mol. The van der Waals surface area contributed by atoms with Gasteiger partial charge in [-0.15, -0.1) is 0 Å². The fourth-order valence-electron chi connectivity index (χ4n) is 3.19. The third kappa shape index (κ3) is 2.81. The van der Waals surface area contributed by atoms with Gasteiger partial charge in [0.15, 0.2) is 0 Å². The Morgan fingerprint density at radius 1 is 1.16 bits per heavy atom. The van der Waals surface area contributed by atoms with Crippen molar-refractivity contribution in [3.8, 4) is 0 Å². The van der Waals surface area contributed by atoms with Crippen LogP contribution in [-0.4, -0.2) is 18.5 Å². The third-order valence-electron chi connectivity index (χ3n) is 4.28. The molecule has 1 saturated heterocycles. The van der Waals surface area contributed by atoms with Gasteiger partial charge in [0, 0.05) is 5.69 Å².